The highest BCUT2D eigenvalue weighted by atomic mass is 35.5. The van der Waals surface area contributed by atoms with Crippen LogP contribution in [0.3, 0.4) is 0 Å². The highest BCUT2D eigenvalue weighted by Gasteiger charge is 2.14. The Morgan fingerprint density at radius 1 is 1.15 bits per heavy atom. The number of carbonyl (C=O) groups is 1. The Bertz CT molecular complexity index is 775. The lowest BCUT2D eigenvalue weighted by Crippen LogP contribution is -1.86. The second-order valence-corrected chi connectivity index (χ2v) is 4.83. The Kier molecular flexibility index (Phi) is 3.20. The highest BCUT2D eigenvalue weighted by Crippen LogP contribution is 2.33. The van der Waals surface area contributed by atoms with Crippen LogP contribution in [-0.2, 0) is 0 Å². The van der Waals surface area contributed by atoms with Gasteiger partial charge >= 0.3 is 0 Å². The Labute approximate surface area is 121 Å². The molecule has 1 N–H and O–H groups in total. The van der Waals surface area contributed by atoms with E-state index in [0.29, 0.717) is 10.6 Å². The Morgan fingerprint density at radius 2 is 1.90 bits per heavy atom. The molecule has 100 valence electrons. The number of rotatable bonds is 3. The van der Waals surface area contributed by atoms with Crippen LogP contribution >= 0.6 is 11.6 Å². The van der Waals surface area contributed by atoms with Gasteiger partial charge in [0.1, 0.15) is 5.75 Å². The van der Waals surface area contributed by atoms with Gasteiger partial charge in [-0.25, -0.2) is 0 Å². The van der Waals surface area contributed by atoms with Crippen molar-refractivity contribution in [1.29, 1.82) is 0 Å². The molecule has 0 atom stereocenters. The van der Waals surface area contributed by atoms with Gasteiger partial charge in [-0.1, -0.05) is 23.7 Å². The third-order valence-electron chi connectivity index (χ3n) is 3.32. The van der Waals surface area contributed by atoms with Crippen molar-refractivity contribution in [2.75, 3.05) is 7.11 Å². The predicted octanol–water partition coefficient (Wildman–Crippen LogP) is 4.31. The molecule has 1 aromatic heterocycles. The monoisotopic (exact) mass is 285 g/mol. The molecule has 0 aliphatic rings. The molecule has 0 aliphatic carbocycles. The quantitative estimate of drug-likeness (QED) is 0.729. The average Bonchev–Trinajstić information content (AvgIpc) is 2.87. The van der Waals surface area contributed by atoms with Gasteiger partial charge in [-0.3, -0.25) is 4.79 Å². The maximum absolute atomic E-state index is 11.4. The molecule has 0 saturated heterocycles. The summed E-state index contributed by atoms with van der Waals surface area (Å²) in [5.74, 6) is 0.774. The molecule has 3 rings (SSSR count). The molecule has 20 heavy (non-hydrogen) atoms. The lowest BCUT2D eigenvalue weighted by atomic mass is 10.1. The number of benzene rings is 2. The molecule has 3 nitrogen and oxygen atoms in total. The predicted molar refractivity (Wildman–Crippen MR) is 80.7 cm³/mol. The van der Waals surface area contributed by atoms with Gasteiger partial charge in [0, 0.05) is 10.9 Å². The van der Waals surface area contributed by atoms with E-state index in [1.807, 2.05) is 36.4 Å². The Hall–Kier alpha value is -2.26. The van der Waals surface area contributed by atoms with Crippen molar-refractivity contribution in [2.45, 2.75) is 0 Å². The van der Waals surface area contributed by atoms with Crippen molar-refractivity contribution in [1.82, 2.24) is 4.98 Å². The number of aldehydes is 1. The number of aromatic amines is 1. The number of para-hydroxylation sites is 1. The number of nitrogens with one attached hydrogen (secondary N) is 1. The fraction of sp³-hybridized carbons (Fsp3) is 0.0625. The normalized spacial score (nSPS) is 10.7. The average molecular weight is 286 g/mol. The Balaban J connectivity index is 2.24. The first-order valence-electron chi connectivity index (χ1n) is 6.14. The van der Waals surface area contributed by atoms with E-state index in [0.717, 1.165) is 34.2 Å². The van der Waals surface area contributed by atoms with Crippen LogP contribution in [0, 0.1) is 0 Å². The summed E-state index contributed by atoms with van der Waals surface area (Å²) in [6.07, 6.45) is 0.856. The van der Waals surface area contributed by atoms with Crippen LogP contribution in [-0.4, -0.2) is 18.4 Å². The van der Waals surface area contributed by atoms with E-state index in [2.05, 4.69) is 4.98 Å². The zero-order valence-corrected chi connectivity index (χ0v) is 11.6. The molecule has 0 amide bonds. The van der Waals surface area contributed by atoms with Gasteiger partial charge in [0.2, 0.25) is 0 Å². The van der Waals surface area contributed by atoms with Crippen molar-refractivity contribution in [2.24, 2.45) is 0 Å². The Morgan fingerprint density at radius 3 is 2.55 bits per heavy atom. The first-order chi connectivity index (χ1) is 9.74. The van der Waals surface area contributed by atoms with Crippen LogP contribution in [0.1, 0.15) is 10.4 Å². The minimum absolute atomic E-state index is 0.602. The number of carbonyl (C=O) groups excluding carboxylic acids is 1. The second-order valence-electron chi connectivity index (χ2n) is 4.42. The molecule has 0 aliphatic heterocycles. The van der Waals surface area contributed by atoms with Crippen molar-refractivity contribution in [3.8, 4) is 17.0 Å². The van der Waals surface area contributed by atoms with Crippen LogP contribution in [0.2, 0.25) is 5.02 Å². The zero-order chi connectivity index (χ0) is 14.1. The summed E-state index contributed by atoms with van der Waals surface area (Å²) in [7, 11) is 1.62. The maximum atomic E-state index is 11.4. The third kappa shape index (κ3) is 1.96. The number of aromatic nitrogens is 1. The smallest absolute Gasteiger partial charge is 0.152 e. The van der Waals surface area contributed by atoms with Crippen LogP contribution in [0.25, 0.3) is 22.2 Å². The van der Waals surface area contributed by atoms with Crippen LogP contribution in [0.15, 0.2) is 42.5 Å². The highest BCUT2D eigenvalue weighted by molar-refractivity contribution is 6.35. The number of halogens is 1. The van der Waals surface area contributed by atoms with E-state index in [-0.39, 0.29) is 0 Å². The zero-order valence-electron chi connectivity index (χ0n) is 10.8. The lowest BCUT2D eigenvalue weighted by Gasteiger charge is -2.02. The number of hydrogen-bond donors (Lipinski definition) is 1. The largest absolute Gasteiger partial charge is 0.497 e. The molecule has 1 heterocycles. The number of H-pyrrole nitrogens is 1. The maximum Gasteiger partial charge on any atom is 0.152 e. The number of ether oxygens (including phenoxy) is 1. The lowest BCUT2D eigenvalue weighted by molar-refractivity contribution is 0.112. The van der Waals surface area contributed by atoms with Gasteiger partial charge in [-0.05, 0) is 35.9 Å². The molecule has 0 fully saturated rings. The van der Waals surface area contributed by atoms with Gasteiger partial charge < -0.3 is 9.72 Å². The number of fused-ring (bicyclic) bond motifs is 1. The van der Waals surface area contributed by atoms with Gasteiger partial charge in [0.15, 0.2) is 6.29 Å². The molecule has 0 unspecified atom stereocenters. The van der Waals surface area contributed by atoms with Crippen LogP contribution in [0.4, 0.5) is 0 Å². The van der Waals surface area contributed by atoms with Gasteiger partial charge in [-0.15, -0.1) is 0 Å². The van der Waals surface area contributed by atoms with E-state index >= 15 is 0 Å². The summed E-state index contributed by atoms with van der Waals surface area (Å²) in [4.78, 5) is 14.7. The molecule has 0 spiro atoms. The summed E-state index contributed by atoms with van der Waals surface area (Å²) in [6.45, 7) is 0. The molecule has 0 bridgehead atoms. The first kappa shape index (κ1) is 12.8. The summed E-state index contributed by atoms with van der Waals surface area (Å²) >= 11 is 6.17. The summed E-state index contributed by atoms with van der Waals surface area (Å²) in [6, 6.07) is 13.0. The van der Waals surface area contributed by atoms with E-state index in [9.17, 15) is 4.79 Å². The third-order valence-corrected chi connectivity index (χ3v) is 3.63. The SMILES string of the molecule is COc1ccc(-c2[nH]c3c(Cl)cccc3c2C=O)cc1. The molecule has 3 aromatic rings. The molecular formula is C16H12ClNO2. The van der Waals surface area contributed by atoms with Crippen molar-refractivity contribution in [3.05, 3.63) is 53.1 Å². The standard InChI is InChI=1S/C16H12ClNO2/c1-20-11-7-5-10(6-8-11)15-13(9-19)12-3-2-4-14(17)16(12)18-15/h2-9,18H,1H3. The number of methoxy groups -OCH3 is 1. The van der Waals surface area contributed by atoms with Gasteiger partial charge in [-0.2, -0.15) is 0 Å². The summed E-state index contributed by atoms with van der Waals surface area (Å²) < 4.78 is 5.14. The molecular weight excluding hydrogens is 274 g/mol. The van der Waals surface area contributed by atoms with E-state index in [1.54, 1.807) is 13.2 Å². The van der Waals surface area contributed by atoms with Crippen molar-refractivity contribution >= 4 is 28.8 Å². The minimum Gasteiger partial charge on any atom is -0.497 e. The summed E-state index contributed by atoms with van der Waals surface area (Å²) in [5.41, 5.74) is 3.08. The first-order valence-corrected chi connectivity index (χ1v) is 6.52. The van der Waals surface area contributed by atoms with Crippen LogP contribution < -0.4 is 4.74 Å². The van der Waals surface area contributed by atoms with E-state index in [4.69, 9.17) is 16.3 Å². The summed E-state index contributed by atoms with van der Waals surface area (Å²) in [5, 5.41) is 1.43. The number of hydrogen-bond acceptors (Lipinski definition) is 2. The second kappa shape index (κ2) is 5.02. The van der Waals surface area contributed by atoms with Crippen LogP contribution in [0.5, 0.6) is 5.75 Å². The molecule has 2 aromatic carbocycles. The van der Waals surface area contributed by atoms with Gasteiger partial charge in [0.25, 0.3) is 0 Å². The fourth-order valence-corrected chi connectivity index (χ4v) is 2.53. The van der Waals surface area contributed by atoms with E-state index in [1.165, 1.54) is 0 Å². The van der Waals surface area contributed by atoms with Crippen molar-refractivity contribution in [3.63, 3.8) is 0 Å². The fourth-order valence-electron chi connectivity index (χ4n) is 2.31. The molecule has 0 saturated carbocycles. The molecule has 0 radical (unpaired) electrons. The van der Waals surface area contributed by atoms with Gasteiger partial charge in [0.05, 0.1) is 23.3 Å². The van der Waals surface area contributed by atoms with Crippen molar-refractivity contribution < 1.29 is 9.53 Å². The minimum atomic E-state index is 0.602. The topological polar surface area (TPSA) is 42.1 Å². The van der Waals surface area contributed by atoms with E-state index < -0.39 is 0 Å². The molecule has 4 heteroatoms.